The van der Waals surface area contributed by atoms with Gasteiger partial charge in [0.2, 0.25) is 0 Å². The van der Waals surface area contributed by atoms with Gasteiger partial charge in [0.15, 0.2) is 6.73 Å². The molecule has 0 radical (unpaired) electrons. The highest BCUT2D eigenvalue weighted by Crippen LogP contribution is 2.36. The number of rotatable bonds is 4. The first-order valence-corrected chi connectivity index (χ1v) is 5.23. The number of halogens is 3. The maximum absolute atomic E-state index is 12.6. The molecule has 0 spiro atoms. The van der Waals surface area contributed by atoms with E-state index in [1.807, 2.05) is 0 Å². The number of alkyl halides is 3. The lowest BCUT2D eigenvalue weighted by Crippen LogP contribution is -2.17. The zero-order valence-electron chi connectivity index (χ0n) is 10.3. The molecule has 0 unspecified atom stereocenters. The molecule has 0 N–H and O–H groups in total. The number of carbonyl (C=O) groups excluding carboxylic acids is 1. The lowest BCUT2D eigenvalue weighted by atomic mass is 10.2. The quantitative estimate of drug-likeness (QED) is 0.367. The summed E-state index contributed by atoms with van der Waals surface area (Å²) >= 11 is 0. The Bertz CT molecular complexity index is 474. The minimum Gasteiger partial charge on any atom is -0.443 e. The van der Waals surface area contributed by atoms with Gasteiger partial charge in [-0.1, -0.05) is 17.4 Å². The summed E-state index contributed by atoms with van der Waals surface area (Å²) in [5.74, 6) is -0.516. The molecule has 0 aliphatic rings. The molecule has 0 heterocycles. The van der Waals surface area contributed by atoms with E-state index < -0.39 is 17.7 Å². The van der Waals surface area contributed by atoms with Crippen LogP contribution in [-0.4, -0.2) is 24.8 Å². The highest BCUT2D eigenvalue weighted by atomic mass is 19.4. The van der Waals surface area contributed by atoms with Crippen LogP contribution in [0.15, 0.2) is 34.6 Å². The van der Waals surface area contributed by atoms with Crippen LogP contribution in [-0.2, 0) is 15.7 Å². The molecule has 0 fully saturated rings. The number of nitrogens with zero attached hydrogens (tertiary/aromatic N) is 3. The van der Waals surface area contributed by atoms with E-state index in [2.05, 4.69) is 15.1 Å². The van der Waals surface area contributed by atoms with Crippen LogP contribution < -0.4 is 0 Å². The molecular formula is C11H12F3N3O2. The number of hydrogen-bond donors (Lipinski definition) is 0. The lowest BCUT2D eigenvalue weighted by molar-refractivity contribution is -0.145. The van der Waals surface area contributed by atoms with E-state index in [1.54, 1.807) is 0 Å². The van der Waals surface area contributed by atoms with Crippen molar-refractivity contribution in [2.45, 2.75) is 13.1 Å². The molecule has 0 aromatic heterocycles. The van der Waals surface area contributed by atoms with Crippen molar-refractivity contribution in [1.29, 1.82) is 0 Å². The summed E-state index contributed by atoms with van der Waals surface area (Å²) in [6.07, 6.45) is -4.50. The van der Waals surface area contributed by atoms with Gasteiger partial charge in [-0.3, -0.25) is 4.79 Å². The number of hydrogen-bond acceptors (Lipinski definition) is 4. The SMILES string of the molecule is CC(=O)OCN(C)N=Nc1ccccc1C(F)(F)F. The summed E-state index contributed by atoms with van der Waals surface area (Å²) in [6.45, 7) is 1.02. The maximum atomic E-state index is 12.6. The standard InChI is InChI=1S/C11H12F3N3O2/c1-8(18)19-7-17(2)16-15-10-6-4-3-5-9(10)11(12,13)14/h3-6H,7H2,1-2H3. The molecule has 0 aliphatic carbocycles. The second-order valence-corrected chi connectivity index (χ2v) is 3.63. The number of carbonyl (C=O) groups is 1. The van der Waals surface area contributed by atoms with Gasteiger partial charge in [0.05, 0.1) is 11.3 Å². The summed E-state index contributed by atoms with van der Waals surface area (Å²) < 4.78 is 42.5. The van der Waals surface area contributed by atoms with Crippen LogP contribution in [0.25, 0.3) is 0 Å². The van der Waals surface area contributed by atoms with Crippen molar-refractivity contribution in [2.24, 2.45) is 10.3 Å². The van der Waals surface area contributed by atoms with E-state index >= 15 is 0 Å². The predicted molar refractivity (Wildman–Crippen MR) is 60.4 cm³/mol. The van der Waals surface area contributed by atoms with Crippen LogP contribution in [0.1, 0.15) is 12.5 Å². The van der Waals surface area contributed by atoms with Gasteiger partial charge in [0, 0.05) is 14.0 Å². The fourth-order valence-corrected chi connectivity index (χ4v) is 1.14. The molecule has 104 valence electrons. The van der Waals surface area contributed by atoms with Crippen molar-refractivity contribution in [3.8, 4) is 0 Å². The van der Waals surface area contributed by atoms with Crippen molar-refractivity contribution < 1.29 is 22.7 Å². The first kappa shape index (κ1) is 14.9. The number of esters is 1. The van der Waals surface area contributed by atoms with E-state index in [1.165, 1.54) is 32.2 Å². The normalized spacial score (nSPS) is 11.6. The van der Waals surface area contributed by atoms with Crippen LogP contribution in [0, 0.1) is 0 Å². The largest absolute Gasteiger partial charge is 0.443 e. The van der Waals surface area contributed by atoms with Crippen LogP contribution in [0.4, 0.5) is 18.9 Å². The molecular weight excluding hydrogens is 263 g/mol. The first-order chi connectivity index (χ1) is 8.80. The summed E-state index contributed by atoms with van der Waals surface area (Å²) in [7, 11) is 1.42. The van der Waals surface area contributed by atoms with E-state index in [0.717, 1.165) is 11.1 Å². The smallest absolute Gasteiger partial charge is 0.418 e. The number of benzene rings is 1. The third kappa shape index (κ3) is 4.94. The molecule has 0 bridgehead atoms. The van der Waals surface area contributed by atoms with Gasteiger partial charge in [-0.25, -0.2) is 5.01 Å². The third-order valence-corrected chi connectivity index (χ3v) is 1.97. The van der Waals surface area contributed by atoms with Crippen LogP contribution in [0.2, 0.25) is 0 Å². The average Bonchev–Trinajstić information content (AvgIpc) is 2.33. The van der Waals surface area contributed by atoms with Gasteiger partial charge >= 0.3 is 12.1 Å². The zero-order valence-corrected chi connectivity index (χ0v) is 10.3. The molecule has 0 aliphatic heterocycles. The average molecular weight is 275 g/mol. The number of ether oxygens (including phenoxy) is 1. The Hall–Kier alpha value is -2.12. The second kappa shape index (κ2) is 6.17. The highest BCUT2D eigenvalue weighted by molar-refractivity contribution is 5.65. The van der Waals surface area contributed by atoms with E-state index in [-0.39, 0.29) is 12.4 Å². The Balaban J connectivity index is 2.79. The van der Waals surface area contributed by atoms with Gasteiger partial charge in [-0.15, -0.1) is 5.11 Å². The molecule has 0 amide bonds. The zero-order chi connectivity index (χ0) is 14.5. The minimum absolute atomic E-state index is 0.187. The summed E-state index contributed by atoms with van der Waals surface area (Å²) in [5, 5.41) is 8.12. The molecule has 0 saturated carbocycles. The summed E-state index contributed by atoms with van der Waals surface area (Å²) in [6, 6.07) is 4.81. The van der Waals surface area contributed by atoms with Gasteiger partial charge in [0.1, 0.15) is 0 Å². The molecule has 5 nitrogen and oxygen atoms in total. The molecule has 1 aromatic rings. The Morgan fingerprint density at radius 3 is 2.58 bits per heavy atom. The van der Waals surface area contributed by atoms with Crippen molar-refractivity contribution in [3.63, 3.8) is 0 Å². The fraction of sp³-hybridized carbons (Fsp3) is 0.364. The Labute approximate surface area is 107 Å². The molecule has 0 atom stereocenters. The Morgan fingerprint density at radius 1 is 1.37 bits per heavy atom. The van der Waals surface area contributed by atoms with Crippen molar-refractivity contribution in [3.05, 3.63) is 29.8 Å². The summed E-state index contributed by atoms with van der Waals surface area (Å²) in [4.78, 5) is 10.5. The molecule has 19 heavy (non-hydrogen) atoms. The van der Waals surface area contributed by atoms with E-state index in [4.69, 9.17) is 0 Å². The molecule has 1 aromatic carbocycles. The van der Waals surface area contributed by atoms with Gasteiger partial charge in [-0.2, -0.15) is 13.2 Å². The van der Waals surface area contributed by atoms with Crippen molar-refractivity contribution >= 4 is 11.7 Å². The van der Waals surface area contributed by atoms with Crippen LogP contribution in [0.5, 0.6) is 0 Å². The van der Waals surface area contributed by atoms with Gasteiger partial charge in [0.25, 0.3) is 0 Å². The highest BCUT2D eigenvalue weighted by Gasteiger charge is 2.33. The van der Waals surface area contributed by atoms with E-state index in [9.17, 15) is 18.0 Å². The Morgan fingerprint density at radius 2 is 2.00 bits per heavy atom. The van der Waals surface area contributed by atoms with E-state index in [0.29, 0.717) is 0 Å². The molecule has 0 saturated heterocycles. The maximum Gasteiger partial charge on any atom is 0.418 e. The van der Waals surface area contributed by atoms with Crippen molar-refractivity contribution in [2.75, 3.05) is 13.8 Å². The fourth-order valence-electron chi connectivity index (χ4n) is 1.14. The molecule has 1 rings (SSSR count). The van der Waals surface area contributed by atoms with Crippen LogP contribution >= 0.6 is 0 Å². The van der Waals surface area contributed by atoms with Gasteiger partial charge < -0.3 is 4.74 Å². The second-order valence-electron chi connectivity index (χ2n) is 3.63. The topological polar surface area (TPSA) is 54.3 Å². The Kier molecular flexibility index (Phi) is 4.85. The van der Waals surface area contributed by atoms with Crippen molar-refractivity contribution in [1.82, 2.24) is 5.01 Å². The first-order valence-electron chi connectivity index (χ1n) is 5.23. The predicted octanol–water partition coefficient (Wildman–Crippen LogP) is 3.16. The minimum atomic E-state index is -4.50. The monoisotopic (exact) mass is 275 g/mol. The third-order valence-electron chi connectivity index (χ3n) is 1.97. The van der Waals surface area contributed by atoms with Gasteiger partial charge in [-0.05, 0) is 12.1 Å². The lowest BCUT2D eigenvalue weighted by Gasteiger charge is -2.11. The van der Waals surface area contributed by atoms with Crippen LogP contribution in [0.3, 0.4) is 0 Å². The molecule has 8 heteroatoms. The summed E-state index contributed by atoms with van der Waals surface area (Å²) in [5.41, 5.74) is -1.18.